The number of hydrogen-bond acceptors (Lipinski definition) is 4. The molecule has 2 aromatic carbocycles. The van der Waals surface area contributed by atoms with Gasteiger partial charge in [0.25, 0.3) is 0 Å². The van der Waals surface area contributed by atoms with Crippen LogP contribution in [-0.2, 0) is 4.79 Å². The lowest BCUT2D eigenvalue weighted by molar-refractivity contribution is -0.121. The van der Waals surface area contributed by atoms with E-state index in [-0.39, 0.29) is 11.9 Å². The number of urea groups is 1. The van der Waals surface area contributed by atoms with Gasteiger partial charge in [0.1, 0.15) is 11.6 Å². The largest absolute Gasteiger partial charge is 0.492 e. The van der Waals surface area contributed by atoms with Crippen LogP contribution in [0.1, 0.15) is 13.8 Å². The van der Waals surface area contributed by atoms with Gasteiger partial charge in [-0.15, -0.1) is 0 Å². The van der Waals surface area contributed by atoms with Crippen molar-refractivity contribution >= 4 is 34.9 Å². The summed E-state index contributed by atoms with van der Waals surface area (Å²) in [6.07, 6.45) is 0. The normalized spacial score (nSPS) is 15.3. The first-order valence-corrected chi connectivity index (χ1v) is 10.5. The Bertz CT molecular complexity index is 935. The molecule has 0 bridgehead atoms. The number of rotatable bonds is 6. The molecule has 1 atom stereocenters. The molecule has 1 unspecified atom stereocenters. The molecule has 3 rings (SSSR count). The average Bonchev–Trinajstić information content (AvgIpc) is 2.75. The minimum absolute atomic E-state index is 0.215. The van der Waals surface area contributed by atoms with Crippen LogP contribution in [0.4, 0.5) is 20.6 Å². The number of nitrogens with one attached hydrogen (secondary N) is 2. The SMILES string of the molecule is CCOc1ccc(NC(=O)N2CCN(C(C)C(=O)Nc3cccc(F)c3)CC2)cc1Cl. The predicted octanol–water partition coefficient (Wildman–Crippen LogP) is 4.05. The summed E-state index contributed by atoms with van der Waals surface area (Å²) >= 11 is 6.17. The summed E-state index contributed by atoms with van der Waals surface area (Å²) in [5.74, 6) is -0.0484. The van der Waals surface area contributed by atoms with Crippen LogP contribution < -0.4 is 15.4 Å². The molecule has 0 saturated carbocycles. The van der Waals surface area contributed by atoms with Crippen molar-refractivity contribution in [1.82, 2.24) is 9.80 Å². The summed E-state index contributed by atoms with van der Waals surface area (Å²) in [6.45, 7) is 6.24. The van der Waals surface area contributed by atoms with Crippen LogP contribution in [0.25, 0.3) is 0 Å². The zero-order valence-corrected chi connectivity index (χ0v) is 18.3. The van der Waals surface area contributed by atoms with Gasteiger partial charge >= 0.3 is 6.03 Å². The van der Waals surface area contributed by atoms with Crippen LogP contribution in [0.15, 0.2) is 42.5 Å². The summed E-state index contributed by atoms with van der Waals surface area (Å²) in [6, 6.07) is 10.3. The first kappa shape index (κ1) is 22.8. The molecule has 1 heterocycles. The molecule has 1 aliphatic rings. The maximum Gasteiger partial charge on any atom is 0.321 e. The Balaban J connectivity index is 1.49. The molecule has 1 fully saturated rings. The topological polar surface area (TPSA) is 73.9 Å². The third kappa shape index (κ3) is 6.08. The van der Waals surface area contributed by atoms with E-state index in [1.807, 2.05) is 11.8 Å². The van der Waals surface area contributed by atoms with E-state index in [2.05, 4.69) is 10.6 Å². The van der Waals surface area contributed by atoms with Crippen molar-refractivity contribution < 1.29 is 18.7 Å². The Labute approximate surface area is 186 Å². The second-order valence-electron chi connectivity index (χ2n) is 7.21. The first-order chi connectivity index (χ1) is 14.9. The molecule has 31 heavy (non-hydrogen) atoms. The lowest BCUT2D eigenvalue weighted by Crippen LogP contribution is -2.54. The quantitative estimate of drug-likeness (QED) is 0.699. The van der Waals surface area contributed by atoms with Crippen LogP contribution in [0.2, 0.25) is 5.02 Å². The number of piperazine rings is 1. The fourth-order valence-electron chi connectivity index (χ4n) is 3.34. The Morgan fingerprint density at radius 3 is 2.45 bits per heavy atom. The van der Waals surface area contributed by atoms with E-state index in [1.54, 1.807) is 42.2 Å². The van der Waals surface area contributed by atoms with Crippen LogP contribution in [0, 0.1) is 5.82 Å². The van der Waals surface area contributed by atoms with Crippen LogP contribution in [0.5, 0.6) is 5.75 Å². The summed E-state index contributed by atoms with van der Waals surface area (Å²) in [7, 11) is 0. The second kappa shape index (κ2) is 10.5. The number of carbonyl (C=O) groups excluding carboxylic acids is 2. The molecular weight excluding hydrogens is 423 g/mol. The van der Waals surface area contributed by atoms with E-state index in [1.165, 1.54) is 12.1 Å². The molecule has 2 aromatic rings. The highest BCUT2D eigenvalue weighted by molar-refractivity contribution is 6.32. The maximum absolute atomic E-state index is 13.3. The zero-order valence-electron chi connectivity index (χ0n) is 17.5. The van der Waals surface area contributed by atoms with Crippen molar-refractivity contribution in [2.45, 2.75) is 19.9 Å². The highest BCUT2D eigenvalue weighted by Gasteiger charge is 2.27. The van der Waals surface area contributed by atoms with Gasteiger partial charge in [0.15, 0.2) is 0 Å². The van der Waals surface area contributed by atoms with E-state index in [9.17, 15) is 14.0 Å². The van der Waals surface area contributed by atoms with Gasteiger partial charge in [-0.05, 0) is 50.2 Å². The monoisotopic (exact) mass is 448 g/mol. The molecule has 9 heteroatoms. The van der Waals surface area contributed by atoms with Crippen molar-refractivity contribution in [3.8, 4) is 5.75 Å². The van der Waals surface area contributed by atoms with Crippen LogP contribution in [0.3, 0.4) is 0 Å². The van der Waals surface area contributed by atoms with Gasteiger partial charge in [-0.3, -0.25) is 9.69 Å². The van der Waals surface area contributed by atoms with Crippen molar-refractivity contribution in [1.29, 1.82) is 0 Å². The number of amides is 3. The molecule has 0 aromatic heterocycles. The number of hydrogen-bond donors (Lipinski definition) is 2. The van der Waals surface area contributed by atoms with Gasteiger partial charge in [-0.25, -0.2) is 9.18 Å². The molecule has 2 N–H and O–H groups in total. The molecule has 3 amide bonds. The Morgan fingerprint density at radius 2 is 1.81 bits per heavy atom. The number of carbonyl (C=O) groups is 2. The molecular formula is C22H26ClFN4O3. The van der Waals surface area contributed by atoms with E-state index < -0.39 is 11.9 Å². The number of halogens is 2. The van der Waals surface area contributed by atoms with E-state index in [0.29, 0.717) is 54.9 Å². The zero-order chi connectivity index (χ0) is 22.4. The predicted molar refractivity (Wildman–Crippen MR) is 119 cm³/mol. The third-order valence-corrected chi connectivity index (χ3v) is 5.40. The minimum Gasteiger partial charge on any atom is -0.492 e. The second-order valence-corrected chi connectivity index (χ2v) is 7.61. The van der Waals surface area contributed by atoms with Crippen molar-refractivity contribution in [2.24, 2.45) is 0 Å². The Kier molecular flexibility index (Phi) is 7.70. The lowest BCUT2D eigenvalue weighted by Gasteiger charge is -2.37. The highest BCUT2D eigenvalue weighted by Crippen LogP contribution is 2.27. The van der Waals surface area contributed by atoms with Crippen molar-refractivity contribution in [3.05, 3.63) is 53.3 Å². The Hall–Kier alpha value is -2.84. The fourth-order valence-corrected chi connectivity index (χ4v) is 3.58. The van der Waals surface area contributed by atoms with Crippen LogP contribution in [-0.4, -0.2) is 60.6 Å². The first-order valence-electron chi connectivity index (χ1n) is 10.2. The molecule has 1 saturated heterocycles. The third-order valence-electron chi connectivity index (χ3n) is 5.10. The van der Waals surface area contributed by atoms with E-state index >= 15 is 0 Å². The summed E-state index contributed by atoms with van der Waals surface area (Å²) < 4.78 is 18.7. The molecule has 1 aliphatic heterocycles. The molecule has 0 radical (unpaired) electrons. The van der Waals surface area contributed by atoms with Crippen LogP contribution >= 0.6 is 11.6 Å². The maximum atomic E-state index is 13.3. The smallest absolute Gasteiger partial charge is 0.321 e. The number of benzene rings is 2. The average molecular weight is 449 g/mol. The molecule has 7 nitrogen and oxygen atoms in total. The number of nitrogens with zero attached hydrogens (tertiary/aromatic N) is 2. The van der Waals surface area contributed by atoms with Gasteiger partial charge in [-0.1, -0.05) is 17.7 Å². The Morgan fingerprint density at radius 1 is 1.10 bits per heavy atom. The van der Waals surface area contributed by atoms with Crippen molar-refractivity contribution in [3.63, 3.8) is 0 Å². The molecule has 0 spiro atoms. The molecule has 166 valence electrons. The highest BCUT2D eigenvalue weighted by atomic mass is 35.5. The van der Waals surface area contributed by atoms with E-state index in [4.69, 9.17) is 16.3 Å². The van der Waals surface area contributed by atoms with Gasteiger partial charge in [-0.2, -0.15) is 0 Å². The van der Waals surface area contributed by atoms with Gasteiger partial charge in [0.05, 0.1) is 17.7 Å². The molecule has 0 aliphatic carbocycles. The fraction of sp³-hybridized carbons (Fsp3) is 0.364. The van der Waals surface area contributed by atoms with Gasteiger partial charge in [0.2, 0.25) is 5.91 Å². The number of anilines is 2. The summed E-state index contributed by atoms with van der Waals surface area (Å²) in [5.41, 5.74) is 1.01. The standard InChI is InChI=1S/C22H26ClFN4O3/c1-3-31-20-8-7-18(14-19(20)23)26-22(30)28-11-9-27(10-12-28)15(2)21(29)25-17-6-4-5-16(24)13-17/h4-8,13-15H,3,9-12H2,1-2H3,(H,25,29)(H,26,30). The minimum atomic E-state index is -0.404. The lowest BCUT2D eigenvalue weighted by atomic mass is 10.2. The number of ether oxygens (including phenoxy) is 1. The van der Waals surface area contributed by atoms with Crippen molar-refractivity contribution in [2.75, 3.05) is 43.4 Å². The summed E-state index contributed by atoms with van der Waals surface area (Å²) in [5, 5.41) is 6.00. The van der Waals surface area contributed by atoms with E-state index in [0.717, 1.165) is 0 Å². The van der Waals surface area contributed by atoms with Gasteiger partial charge < -0.3 is 20.3 Å². The summed E-state index contributed by atoms with van der Waals surface area (Å²) in [4.78, 5) is 28.8. The van der Waals surface area contributed by atoms with Gasteiger partial charge in [0, 0.05) is 37.6 Å².